The summed E-state index contributed by atoms with van der Waals surface area (Å²) in [6.45, 7) is 1.99. The molecule has 0 aliphatic carbocycles. The molecule has 0 spiro atoms. The molecule has 3 heterocycles. The van der Waals surface area contributed by atoms with Crippen molar-refractivity contribution in [2.24, 2.45) is 0 Å². The van der Waals surface area contributed by atoms with E-state index in [1.807, 2.05) is 48.0 Å². The van der Waals surface area contributed by atoms with Gasteiger partial charge in [0.25, 0.3) is 0 Å². The van der Waals surface area contributed by atoms with Crippen molar-refractivity contribution in [3.63, 3.8) is 0 Å². The maximum Gasteiger partial charge on any atom is 0.137 e. The highest BCUT2D eigenvalue weighted by atomic mass is 15.0. The van der Waals surface area contributed by atoms with Crippen LogP contribution in [-0.2, 0) is 0 Å². The molecule has 0 aromatic carbocycles. The Morgan fingerprint density at radius 1 is 1.12 bits per heavy atom. The normalized spacial score (nSPS) is 10.6. The van der Waals surface area contributed by atoms with Crippen molar-refractivity contribution in [3.05, 3.63) is 54.7 Å². The number of nitrogens with one attached hydrogen (secondary N) is 1. The first-order chi connectivity index (χ1) is 8.31. The van der Waals surface area contributed by atoms with Gasteiger partial charge < -0.3 is 9.72 Å². The average molecular weight is 224 g/mol. The van der Waals surface area contributed by atoms with Gasteiger partial charge in [0, 0.05) is 18.6 Å². The highest BCUT2D eigenvalue weighted by molar-refractivity contribution is 5.60. The van der Waals surface area contributed by atoms with Crippen LogP contribution in [0.1, 0.15) is 5.69 Å². The molecular weight excluding hydrogens is 212 g/mol. The molecule has 0 saturated carbocycles. The summed E-state index contributed by atoms with van der Waals surface area (Å²) in [5, 5.41) is 3.29. The van der Waals surface area contributed by atoms with E-state index in [-0.39, 0.29) is 0 Å². The van der Waals surface area contributed by atoms with Crippen LogP contribution in [0.25, 0.3) is 5.65 Å². The van der Waals surface area contributed by atoms with Gasteiger partial charge in [-0.3, -0.25) is 4.98 Å². The molecule has 0 atom stereocenters. The number of rotatable bonds is 2. The molecule has 84 valence electrons. The molecule has 0 aliphatic rings. The van der Waals surface area contributed by atoms with Gasteiger partial charge in [-0.2, -0.15) is 0 Å². The van der Waals surface area contributed by atoms with Crippen molar-refractivity contribution in [2.45, 2.75) is 6.92 Å². The fourth-order valence-corrected chi connectivity index (χ4v) is 1.80. The fourth-order valence-electron chi connectivity index (χ4n) is 1.80. The Labute approximate surface area is 99.0 Å². The zero-order valence-corrected chi connectivity index (χ0v) is 9.46. The van der Waals surface area contributed by atoms with Gasteiger partial charge in [-0.15, -0.1) is 0 Å². The maximum atomic E-state index is 4.38. The molecule has 3 rings (SSSR count). The number of hydrogen-bond donors (Lipinski definition) is 1. The summed E-state index contributed by atoms with van der Waals surface area (Å²) in [6.07, 6.45) is 7.57. The first-order valence-corrected chi connectivity index (χ1v) is 5.44. The lowest BCUT2D eigenvalue weighted by Crippen LogP contribution is -1.93. The Morgan fingerprint density at radius 2 is 2.06 bits per heavy atom. The zero-order chi connectivity index (χ0) is 11.7. The minimum absolute atomic E-state index is 0.958. The van der Waals surface area contributed by atoms with Crippen LogP contribution in [0.15, 0.2) is 49.1 Å². The standard InChI is InChI=1S/C13H12N4/c1-10-8-17-9-12(4-5-13(17)15-10)16-11-3-2-6-14-7-11/h2-9,16H,1H3. The quantitative estimate of drug-likeness (QED) is 0.727. The molecule has 0 amide bonds. The summed E-state index contributed by atoms with van der Waals surface area (Å²) in [5.41, 5.74) is 3.97. The topological polar surface area (TPSA) is 42.2 Å². The zero-order valence-electron chi connectivity index (χ0n) is 9.46. The predicted molar refractivity (Wildman–Crippen MR) is 67.4 cm³/mol. The number of anilines is 2. The van der Waals surface area contributed by atoms with E-state index < -0.39 is 0 Å². The van der Waals surface area contributed by atoms with Crippen LogP contribution in [0.4, 0.5) is 11.4 Å². The van der Waals surface area contributed by atoms with E-state index in [4.69, 9.17) is 0 Å². The van der Waals surface area contributed by atoms with Gasteiger partial charge in [0.1, 0.15) is 5.65 Å². The molecule has 4 heteroatoms. The molecule has 17 heavy (non-hydrogen) atoms. The fraction of sp³-hybridized carbons (Fsp3) is 0.0769. The van der Waals surface area contributed by atoms with Gasteiger partial charge in [-0.25, -0.2) is 4.98 Å². The predicted octanol–water partition coefficient (Wildman–Crippen LogP) is 2.78. The monoisotopic (exact) mass is 224 g/mol. The third-order valence-corrected chi connectivity index (χ3v) is 2.52. The second-order valence-corrected chi connectivity index (χ2v) is 3.93. The van der Waals surface area contributed by atoms with Crippen molar-refractivity contribution in [3.8, 4) is 0 Å². The number of aryl methyl sites for hydroxylation is 1. The Bertz CT molecular complexity index is 643. The van der Waals surface area contributed by atoms with E-state index in [1.165, 1.54) is 0 Å². The summed E-state index contributed by atoms with van der Waals surface area (Å²) >= 11 is 0. The van der Waals surface area contributed by atoms with E-state index in [0.717, 1.165) is 22.7 Å². The molecule has 0 unspecified atom stereocenters. The smallest absolute Gasteiger partial charge is 0.137 e. The second kappa shape index (κ2) is 3.90. The summed E-state index contributed by atoms with van der Waals surface area (Å²) < 4.78 is 2.01. The number of fused-ring (bicyclic) bond motifs is 1. The number of aromatic nitrogens is 3. The maximum absolute atomic E-state index is 4.38. The lowest BCUT2D eigenvalue weighted by atomic mass is 10.3. The Balaban J connectivity index is 1.95. The Morgan fingerprint density at radius 3 is 2.88 bits per heavy atom. The molecule has 3 aromatic heterocycles. The van der Waals surface area contributed by atoms with Crippen LogP contribution in [0, 0.1) is 6.92 Å². The molecule has 0 fully saturated rings. The van der Waals surface area contributed by atoms with Crippen molar-refractivity contribution in [1.82, 2.24) is 14.4 Å². The largest absolute Gasteiger partial charge is 0.353 e. The third kappa shape index (κ3) is 1.97. The second-order valence-electron chi connectivity index (χ2n) is 3.93. The van der Waals surface area contributed by atoms with Crippen molar-refractivity contribution >= 4 is 17.0 Å². The van der Waals surface area contributed by atoms with E-state index in [2.05, 4.69) is 15.3 Å². The number of nitrogens with zero attached hydrogens (tertiary/aromatic N) is 3. The van der Waals surface area contributed by atoms with E-state index in [0.29, 0.717) is 0 Å². The van der Waals surface area contributed by atoms with Crippen LogP contribution in [-0.4, -0.2) is 14.4 Å². The Kier molecular flexibility index (Phi) is 2.26. The lowest BCUT2D eigenvalue weighted by molar-refractivity contribution is 1.18. The first kappa shape index (κ1) is 9.84. The molecule has 0 aliphatic heterocycles. The van der Waals surface area contributed by atoms with Gasteiger partial charge in [-0.1, -0.05) is 0 Å². The molecule has 1 N–H and O–H groups in total. The van der Waals surface area contributed by atoms with Crippen molar-refractivity contribution < 1.29 is 0 Å². The summed E-state index contributed by atoms with van der Waals surface area (Å²) in [6, 6.07) is 7.89. The molecule has 0 saturated heterocycles. The molecular formula is C13H12N4. The summed E-state index contributed by atoms with van der Waals surface area (Å²) in [5.74, 6) is 0. The minimum Gasteiger partial charge on any atom is -0.353 e. The van der Waals surface area contributed by atoms with Crippen LogP contribution in [0.5, 0.6) is 0 Å². The highest BCUT2D eigenvalue weighted by Crippen LogP contribution is 2.16. The number of hydrogen-bond acceptors (Lipinski definition) is 3. The third-order valence-electron chi connectivity index (χ3n) is 2.52. The van der Waals surface area contributed by atoms with Crippen LogP contribution in [0.2, 0.25) is 0 Å². The summed E-state index contributed by atoms with van der Waals surface area (Å²) in [4.78, 5) is 8.45. The van der Waals surface area contributed by atoms with E-state index in [9.17, 15) is 0 Å². The molecule has 0 bridgehead atoms. The van der Waals surface area contributed by atoms with Gasteiger partial charge >= 0.3 is 0 Å². The van der Waals surface area contributed by atoms with Gasteiger partial charge in [-0.05, 0) is 31.2 Å². The molecule has 3 aromatic rings. The van der Waals surface area contributed by atoms with Crippen molar-refractivity contribution in [2.75, 3.05) is 5.32 Å². The SMILES string of the molecule is Cc1cn2cc(Nc3cccnc3)ccc2n1. The first-order valence-electron chi connectivity index (χ1n) is 5.44. The van der Waals surface area contributed by atoms with Crippen LogP contribution >= 0.6 is 0 Å². The molecule has 4 nitrogen and oxygen atoms in total. The number of imidazole rings is 1. The minimum atomic E-state index is 0.958. The summed E-state index contributed by atoms with van der Waals surface area (Å²) in [7, 11) is 0. The number of pyridine rings is 2. The van der Waals surface area contributed by atoms with Crippen LogP contribution < -0.4 is 5.32 Å². The van der Waals surface area contributed by atoms with Gasteiger partial charge in [0.2, 0.25) is 0 Å². The Hall–Kier alpha value is -2.36. The highest BCUT2D eigenvalue weighted by Gasteiger charge is 1.99. The van der Waals surface area contributed by atoms with Gasteiger partial charge in [0.05, 0.1) is 23.3 Å². The van der Waals surface area contributed by atoms with Crippen molar-refractivity contribution in [1.29, 1.82) is 0 Å². The van der Waals surface area contributed by atoms with Gasteiger partial charge in [0.15, 0.2) is 0 Å². The average Bonchev–Trinajstić information content (AvgIpc) is 2.70. The lowest BCUT2D eigenvalue weighted by Gasteiger charge is -2.05. The van der Waals surface area contributed by atoms with E-state index in [1.54, 1.807) is 12.4 Å². The molecule has 0 radical (unpaired) electrons. The van der Waals surface area contributed by atoms with E-state index >= 15 is 0 Å². The van der Waals surface area contributed by atoms with Crippen LogP contribution in [0.3, 0.4) is 0 Å².